The number of benzene rings is 1. The van der Waals surface area contributed by atoms with Crippen molar-refractivity contribution >= 4 is 0 Å². The van der Waals surface area contributed by atoms with E-state index in [1.807, 2.05) is 26.1 Å². The van der Waals surface area contributed by atoms with Gasteiger partial charge >= 0.3 is 0 Å². The summed E-state index contributed by atoms with van der Waals surface area (Å²) < 4.78 is 14.6. The first kappa shape index (κ1) is 11.8. The molecule has 17 heavy (non-hydrogen) atoms. The fourth-order valence-electron chi connectivity index (χ4n) is 1.64. The molecule has 0 amide bonds. The second-order valence-electron chi connectivity index (χ2n) is 4.89. The summed E-state index contributed by atoms with van der Waals surface area (Å²) >= 11 is 0. The van der Waals surface area contributed by atoms with Crippen LogP contribution in [0.25, 0.3) is 11.3 Å². The van der Waals surface area contributed by atoms with E-state index in [1.54, 1.807) is 16.8 Å². The van der Waals surface area contributed by atoms with E-state index in [9.17, 15) is 4.39 Å². The van der Waals surface area contributed by atoms with Crippen molar-refractivity contribution < 1.29 is 4.39 Å². The van der Waals surface area contributed by atoms with Crippen molar-refractivity contribution in [3.63, 3.8) is 0 Å². The number of hydrogen-bond acceptors (Lipinski definition) is 2. The molecule has 1 aromatic heterocycles. The maximum atomic E-state index is 12.8. The summed E-state index contributed by atoms with van der Waals surface area (Å²) in [6, 6.07) is 8.20. The summed E-state index contributed by atoms with van der Waals surface area (Å²) in [4.78, 5) is 0. The van der Waals surface area contributed by atoms with Crippen LogP contribution in [0.5, 0.6) is 0 Å². The first-order chi connectivity index (χ1) is 7.94. The van der Waals surface area contributed by atoms with Gasteiger partial charge in [0.05, 0.1) is 12.2 Å². The Labute approximate surface area is 100 Å². The molecule has 0 unspecified atom stereocenters. The van der Waals surface area contributed by atoms with Crippen molar-refractivity contribution in [2.45, 2.75) is 25.9 Å². The van der Waals surface area contributed by atoms with E-state index in [-0.39, 0.29) is 11.4 Å². The molecule has 0 radical (unpaired) electrons. The lowest BCUT2D eigenvalue weighted by atomic mass is 10.1. The van der Waals surface area contributed by atoms with Crippen molar-refractivity contribution in [3.8, 4) is 11.3 Å². The van der Waals surface area contributed by atoms with E-state index in [0.717, 1.165) is 11.3 Å². The van der Waals surface area contributed by atoms with Crippen molar-refractivity contribution in [1.82, 2.24) is 9.78 Å². The zero-order valence-electron chi connectivity index (χ0n) is 10.0. The first-order valence-electron chi connectivity index (χ1n) is 5.52. The minimum Gasteiger partial charge on any atom is -0.324 e. The fourth-order valence-corrected chi connectivity index (χ4v) is 1.64. The van der Waals surface area contributed by atoms with Crippen LogP contribution in [0.2, 0.25) is 0 Å². The number of rotatable bonds is 3. The topological polar surface area (TPSA) is 43.8 Å². The lowest BCUT2D eigenvalue weighted by Crippen LogP contribution is -2.37. The Morgan fingerprint density at radius 1 is 1.24 bits per heavy atom. The van der Waals surface area contributed by atoms with Gasteiger partial charge in [-0.05, 0) is 44.2 Å². The van der Waals surface area contributed by atoms with Gasteiger partial charge in [-0.3, -0.25) is 4.68 Å². The molecule has 1 heterocycles. The molecule has 2 aromatic rings. The van der Waals surface area contributed by atoms with Crippen LogP contribution in [0.1, 0.15) is 13.8 Å². The van der Waals surface area contributed by atoms with E-state index in [0.29, 0.717) is 6.54 Å². The maximum Gasteiger partial charge on any atom is 0.123 e. The molecule has 0 bridgehead atoms. The van der Waals surface area contributed by atoms with Crippen LogP contribution in [-0.2, 0) is 6.54 Å². The Hall–Kier alpha value is -1.68. The van der Waals surface area contributed by atoms with Gasteiger partial charge in [-0.25, -0.2) is 4.39 Å². The Balaban J connectivity index is 2.21. The van der Waals surface area contributed by atoms with E-state index in [1.165, 1.54) is 12.1 Å². The van der Waals surface area contributed by atoms with E-state index in [2.05, 4.69) is 5.10 Å². The van der Waals surface area contributed by atoms with Gasteiger partial charge in [0.25, 0.3) is 0 Å². The average molecular weight is 233 g/mol. The number of nitrogens with zero attached hydrogens (tertiary/aromatic N) is 2. The van der Waals surface area contributed by atoms with E-state index < -0.39 is 0 Å². The van der Waals surface area contributed by atoms with Crippen molar-refractivity contribution in [1.29, 1.82) is 0 Å². The van der Waals surface area contributed by atoms with Gasteiger partial charge in [0.1, 0.15) is 5.82 Å². The predicted molar refractivity (Wildman–Crippen MR) is 65.9 cm³/mol. The van der Waals surface area contributed by atoms with Crippen molar-refractivity contribution in [2.24, 2.45) is 5.73 Å². The zero-order valence-corrected chi connectivity index (χ0v) is 10.0. The van der Waals surface area contributed by atoms with Crippen LogP contribution in [0, 0.1) is 5.82 Å². The summed E-state index contributed by atoms with van der Waals surface area (Å²) in [6.07, 6.45) is 1.88. The van der Waals surface area contributed by atoms with Gasteiger partial charge in [-0.2, -0.15) is 5.10 Å². The molecule has 0 saturated heterocycles. The summed E-state index contributed by atoms with van der Waals surface area (Å²) in [5, 5.41) is 4.41. The highest BCUT2D eigenvalue weighted by Crippen LogP contribution is 2.17. The Bertz CT molecular complexity index is 494. The Morgan fingerprint density at radius 3 is 2.47 bits per heavy atom. The maximum absolute atomic E-state index is 12.8. The SMILES string of the molecule is CC(C)(N)Cn1ccc(-c2ccc(F)cc2)n1. The van der Waals surface area contributed by atoms with Crippen LogP contribution >= 0.6 is 0 Å². The molecule has 0 aliphatic carbocycles. The average Bonchev–Trinajstić information content (AvgIpc) is 2.64. The third kappa shape index (κ3) is 3.14. The monoisotopic (exact) mass is 233 g/mol. The molecule has 0 fully saturated rings. The quantitative estimate of drug-likeness (QED) is 0.884. The molecule has 1 aromatic carbocycles. The molecule has 90 valence electrons. The molecular formula is C13H16FN3. The largest absolute Gasteiger partial charge is 0.324 e. The minimum absolute atomic E-state index is 0.240. The van der Waals surface area contributed by atoms with Crippen LogP contribution in [0.3, 0.4) is 0 Å². The number of nitrogens with two attached hydrogens (primary N) is 1. The molecule has 0 saturated carbocycles. The molecule has 3 nitrogen and oxygen atoms in total. The van der Waals surface area contributed by atoms with Crippen molar-refractivity contribution in [2.75, 3.05) is 0 Å². The second-order valence-corrected chi connectivity index (χ2v) is 4.89. The van der Waals surface area contributed by atoms with E-state index >= 15 is 0 Å². The lowest BCUT2D eigenvalue weighted by molar-refractivity contribution is 0.409. The first-order valence-corrected chi connectivity index (χ1v) is 5.52. The Morgan fingerprint density at radius 2 is 1.88 bits per heavy atom. The predicted octanol–water partition coefficient (Wildman–Crippen LogP) is 2.43. The second kappa shape index (κ2) is 4.30. The summed E-state index contributed by atoms with van der Waals surface area (Å²) in [7, 11) is 0. The Kier molecular flexibility index (Phi) is 2.98. The number of halogens is 1. The van der Waals surface area contributed by atoms with Gasteiger partial charge in [-0.15, -0.1) is 0 Å². The molecule has 0 spiro atoms. The molecule has 2 rings (SSSR count). The normalized spacial score (nSPS) is 11.8. The van der Waals surface area contributed by atoms with Gasteiger partial charge in [0, 0.05) is 17.3 Å². The smallest absolute Gasteiger partial charge is 0.123 e. The van der Waals surface area contributed by atoms with Crippen LogP contribution in [0.15, 0.2) is 36.5 Å². The zero-order chi connectivity index (χ0) is 12.5. The standard InChI is InChI=1S/C13H16FN3/c1-13(2,15)9-17-8-7-12(16-17)10-3-5-11(14)6-4-10/h3-8H,9,15H2,1-2H3. The molecule has 0 aliphatic heterocycles. The summed E-state index contributed by atoms with van der Waals surface area (Å²) in [5.41, 5.74) is 7.36. The van der Waals surface area contributed by atoms with Crippen LogP contribution in [0.4, 0.5) is 4.39 Å². The van der Waals surface area contributed by atoms with Crippen LogP contribution < -0.4 is 5.73 Å². The van der Waals surface area contributed by atoms with E-state index in [4.69, 9.17) is 5.73 Å². The highest BCUT2D eigenvalue weighted by molar-refractivity contribution is 5.58. The fraction of sp³-hybridized carbons (Fsp3) is 0.308. The summed E-state index contributed by atoms with van der Waals surface area (Å²) in [5.74, 6) is -0.240. The van der Waals surface area contributed by atoms with Gasteiger partial charge in [0.2, 0.25) is 0 Å². The molecule has 4 heteroatoms. The molecule has 0 atom stereocenters. The highest BCUT2D eigenvalue weighted by atomic mass is 19.1. The number of aromatic nitrogens is 2. The molecule has 2 N–H and O–H groups in total. The third-order valence-corrected chi connectivity index (χ3v) is 2.35. The number of hydrogen-bond donors (Lipinski definition) is 1. The van der Waals surface area contributed by atoms with Gasteiger partial charge < -0.3 is 5.73 Å². The molecular weight excluding hydrogens is 217 g/mol. The van der Waals surface area contributed by atoms with Gasteiger partial charge in [0.15, 0.2) is 0 Å². The summed E-state index contributed by atoms with van der Waals surface area (Å²) in [6.45, 7) is 4.55. The molecule has 0 aliphatic rings. The lowest BCUT2D eigenvalue weighted by Gasteiger charge is -2.17. The third-order valence-electron chi connectivity index (χ3n) is 2.35. The minimum atomic E-state index is -0.300. The van der Waals surface area contributed by atoms with Crippen molar-refractivity contribution in [3.05, 3.63) is 42.3 Å². The highest BCUT2D eigenvalue weighted by Gasteiger charge is 2.12. The van der Waals surface area contributed by atoms with Crippen LogP contribution in [-0.4, -0.2) is 15.3 Å². The van der Waals surface area contributed by atoms with Gasteiger partial charge in [-0.1, -0.05) is 0 Å².